The SMILES string of the molecule is N#Cc1cc(OCC(F)(F)F)c(O)cc1F.N#Cc1ccccc1S(=O)N1CCC(O)(CO)C1. The van der Waals surface area contributed by atoms with E-state index in [1.54, 1.807) is 28.6 Å². The number of benzene rings is 2. The molecule has 2 atom stereocenters. The lowest BCUT2D eigenvalue weighted by Gasteiger charge is -2.20. The second kappa shape index (κ2) is 11.3. The number of phenols is 1. The normalized spacial score (nSPS) is 18.8. The summed E-state index contributed by atoms with van der Waals surface area (Å²) in [6, 6.07) is 11.3. The minimum Gasteiger partial charge on any atom is -0.504 e. The van der Waals surface area contributed by atoms with Gasteiger partial charge in [0.15, 0.2) is 18.1 Å². The fourth-order valence-corrected chi connectivity index (χ4v) is 4.23. The van der Waals surface area contributed by atoms with Gasteiger partial charge in [0.2, 0.25) is 0 Å². The Balaban J connectivity index is 0.000000242. The van der Waals surface area contributed by atoms with Crippen LogP contribution in [0.3, 0.4) is 0 Å². The summed E-state index contributed by atoms with van der Waals surface area (Å²) < 4.78 is 66.3. The van der Waals surface area contributed by atoms with Gasteiger partial charge in [0, 0.05) is 25.2 Å². The number of nitrogens with zero attached hydrogens (tertiary/aromatic N) is 3. The number of halogens is 4. The van der Waals surface area contributed by atoms with Gasteiger partial charge < -0.3 is 20.1 Å². The van der Waals surface area contributed by atoms with E-state index in [9.17, 15) is 26.9 Å². The number of aliphatic hydroxyl groups is 2. The lowest BCUT2D eigenvalue weighted by molar-refractivity contribution is -0.153. The first kappa shape index (κ1) is 27.0. The molecular formula is C21H19F4N3O5S. The maximum Gasteiger partial charge on any atom is 0.422 e. The summed E-state index contributed by atoms with van der Waals surface area (Å²) in [6.45, 7) is -1.39. The molecule has 0 spiro atoms. The highest BCUT2D eigenvalue weighted by Crippen LogP contribution is 2.30. The maximum absolute atomic E-state index is 12.8. The van der Waals surface area contributed by atoms with Crippen molar-refractivity contribution in [3.05, 3.63) is 53.3 Å². The lowest BCUT2D eigenvalue weighted by atomic mass is 10.1. The van der Waals surface area contributed by atoms with Crippen molar-refractivity contribution < 1.29 is 41.8 Å². The predicted octanol–water partition coefficient (Wildman–Crippen LogP) is 2.35. The van der Waals surface area contributed by atoms with Crippen LogP contribution in [-0.4, -0.2) is 61.9 Å². The average Bonchev–Trinajstić information content (AvgIpc) is 3.20. The van der Waals surface area contributed by atoms with E-state index in [0.29, 0.717) is 35.6 Å². The number of hydrogen-bond donors (Lipinski definition) is 3. The van der Waals surface area contributed by atoms with Gasteiger partial charge in [-0.3, -0.25) is 0 Å². The van der Waals surface area contributed by atoms with Crippen LogP contribution in [0, 0.1) is 28.5 Å². The summed E-state index contributed by atoms with van der Waals surface area (Å²) in [4.78, 5) is 0.446. The van der Waals surface area contributed by atoms with E-state index in [1.807, 2.05) is 6.07 Å². The van der Waals surface area contributed by atoms with Crippen LogP contribution in [0.2, 0.25) is 0 Å². The number of hydrogen-bond acceptors (Lipinski definition) is 7. The summed E-state index contributed by atoms with van der Waals surface area (Å²) in [5.74, 6) is -2.41. The molecule has 34 heavy (non-hydrogen) atoms. The predicted molar refractivity (Wildman–Crippen MR) is 110 cm³/mol. The van der Waals surface area contributed by atoms with Gasteiger partial charge in [-0.05, 0) is 18.6 Å². The van der Waals surface area contributed by atoms with Crippen LogP contribution in [0.4, 0.5) is 17.6 Å². The van der Waals surface area contributed by atoms with E-state index in [4.69, 9.17) is 20.7 Å². The third-order valence-corrected chi connectivity index (χ3v) is 6.10. The van der Waals surface area contributed by atoms with Crippen LogP contribution in [-0.2, 0) is 11.0 Å². The minimum absolute atomic E-state index is 0.149. The van der Waals surface area contributed by atoms with E-state index in [1.165, 1.54) is 6.07 Å². The maximum atomic E-state index is 12.8. The van der Waals surface area contributed by atoms with Gasteiger partial charge in [0.05, 0.1) is 22.6 Å². The highest BCUT2D eigenvalue weighted by molar-refractivity contribution is 7.82. The first-order chi connectivity index (χ1) is 15.9. The fraction of sp³-hybridized carbons (Fsp3) is 0.333. The van der Waals surface area contributed by atoms with Crippen molar-refractivity contribution in [3.63, 3.8) is 0 Å². The molecular weight excluding hydrogens is 482 g/mol. The Labute approximate surface area is 194 Å². The number of β-amino-alcohol motifs (C(OH)–C–C–N with tert-alkyl or cyclic N) is 1. The van der Waals surface area contributed by atoms with E-state index in [2.05, 4.69) is 4.74 Å². The molecule has 2 unspecified atom stereocenters. The molecule has 1 aliphatic heterocycles. The van der Waals surface area contributed by atoms with Crippen LogP contribution in [0.1, 0.15) is 17.5 Å². The van der Waals surface area contributed by atoms with Crippen LogP contribution in [0.25, 0.3) is 0 Å². The molecule has 182 valence electrons. The molecule has 1 fully saturated rings. The second-order valence-corrected chi connectivity index (χ2v) is 8.62. The topological polar surface area (TPSA) is 138 Å². The van der Waals surface area contributed by atoms with E-state index >= 15 is 0 Å². The van der Waals surface area contributed by atoms with Gasteiger partial charge >= 0.3 is 6.18 Å². The standard InChI is InChI=1S/C12H14N2O3S.C9H5F4NO2/c13-7-10-3-1-2-4-11(10)18(17)14-6-5-12(16,8-14)9-15;10-6-2-7(15)8(1-5(6)3-14)16-4-9(11,12)13/h1-4,15-16H,5-6,8-9H2;1-2,15H,4H2. The molecule has 3 rings (SSSR count). The largest absolute Gasteiger partial charge is 0.504 e. The fourth-order valence-electron chi connectivity index (χ4n) is 2.84. The van der Waals surface area contributed by atoms with Crippen molar-refractivity contribution in [2.24, 2.45) is 0 Å². The molecule has 1 aliphatic rings. The van der Waals surface area contributed by atoms with Crippen molar-refractivity contribution in [1.29, 1.82) is 10.5 Å². The van der Waals surface area contributed by atoms with Crippen LogP contribution in [0.15, 0.2) is 41.3 Å². The van der Waals surface area contributed by atoms with Gasteiger partial charge in [0.1, 0.15) is 34.5 Å². The van der Waals surface area contributed by atoms with Crippen molar-refractivity contribution in [2.75, 3.05) is 26.3 Å². The first-order valence-electron chi connectivity index (χ1n) is 9.54. The molecule has 2 aromatic carbocycles. The summed E-state index contributed by atoms with van der Waals surface area (Å²) in [5.41, 5.74) is -1.32. The number of phenolic OH excluding ortho intramolecular Hbond substituents is 1. The Bertz CT molecular complexity index is 1130. The third kappa shape index (κ3) is 7.13. The number of ether oxygens (including phenoxy) is 1. The Kier molecular flexibility index (Phi) is 8.95. The molecule has 0 aliphatic carbocycles. The summed E-state index contributed by atoms with van der Waals surface area (Å²) in [5, 5.41) is 45.4. The summed E-state index contributed by atoms with van der Waals surface area (Å²) in [7, 11) is -1.48. The van der Waals surface area contributed by atoms with E-state index in [0.717, 1.165) is 0 Å². The van der Waals surface area contributed by atoms with E-state index in [-0.39, 0.29) is 13.2 Å². The average molecular weight is 501 g/mol. The van der Waals surface area contributed by atoms with Crippen LogP contribution in [0.5, 0.6) is 11.5 Å². The molecule has 0 bridgehead atoms. The number of aliphatic hydroxyl groups excluding tert-OH is 1. The Morgan fingerprint density at radius 1 is 1.18 bits per heavy atom. The van der Waals surface area contributed by atoms with E-state index < -0.39 is 52.2 Å². The Morgan fingerprint density at radius 2 is 1.82 bits per heavy atom. The Morgan fingerprint density at radius 3 is 2.38 bits per heavy atom. The number of rotatable bonds is 5. The smallest absolute Gasteiger partial charge is 0.422 e. The van der Waals surface area contributed by atoms with Gasteiger partial charge in [0.25, 0.3) is 0 Å². The van der Waals surface area contributed by atoms with Crippen molar-refractivity contribution in [3.8, 4) is 23.6 Å². The molecule has 0 radical (unpaired) electrons. The summed E-state index contributed by atoms with van der Waals surface area (Å²) >= 11 is 0. The van der Waals surface area contributed by atoms with Gasteiger partial charge in [-0.15, -0.1) is 0 Å². The highest BCUT2D eigenvalue weighted by Gasteiger charge is 2.38. The van der Waals surface area contributed by atoms with Crippen molar-refractivity contribution in [1.82, 2.24) is 4.31 Å². The molecule has 13 heteroatoms. The van der Waals surface area contributed by atoms with Crippen molar-refractivity contribution in [2.45, 2.75) is 23.1 Å². The number of aromatic hydroxyl groups is 1. The second-order valence-electron chi connectivity index (χ2n) is 7.17. The minimum atomic E-state index is -4.58. The highest BCUT2D eigenvalue weighted by atomic mass is 32.2. The van der Waals surface area contributed by atoms with Gasteiger partial charge in [-0.1, -0.05) is 12.1 Å². The zero-order chi connectivity index (χ0) is 25.5. The molecule has 0 amide bonds. The van der Waals surface area contributed by atoms with Gasteiger partial charge in [-0.2, -0.15) is 23.7 Å². The monoisotopic (exact) mass is 501 g/mol. The zero-order valence-corrected chi connectivity index (χ0v) is 18.2. The van der Waals surface area contributed by atoms with Gasteiger partial charge in [-0.25, -0.2) is 12.9 Å². The quantitative estimate of drug-likeness (QED) is 0.535. The summed E-state index contributed by atoms with van der Waals surface area (Å²) in [6.07, 6.45) is -4.20. The van der Waals surface area contributed by atoms with Crippen LogP contribution >= 0.6 is 0 Å². The third-order valence-electron chi connectivity index (χ3n) is 4.58. The molecule has 3 N–H and O–H groups in total. The number of nitriles is 2. The van der Waals surface area contributed by atoms with Crippen LogP contribution < -0.4 is 4.74 Å². The molecule has 0 aromatic heterocycles. The first-order valence-corrected chi connectivity index (χ1v) is 10.6. The number of alkyl halides is 3. The molecule has 8 nitrogen and oxygen atoms in total. The molecule has 2 aromatic rings. The lowest BCUT2D eigenvalue weighted by Crippen LogP contribution is -2.37. The zero-order valence-electron chi connectivity index (χ0n) is 17.4. The Hall–Kier alpha value is -3.23. The molecule has 0 saturated carbocycles. The van der Waals surface area contributed by atoms with Crippen molar-refractivity contribution >= 4 is 11.0 Å². The molecule has 1 heterocycles. The molecule has 1 saturated heterocycles.